The van der Waals surface area contributed by atoms with E-state index >= 15 is 0 Å². The number of aryl methyl sites for hydroxylation is 3. The van der Waals surface area contributed by atoms with E-state index in [0.29, 0.717) is 19.4 Å². The Labute approximate surface area is 105 Å². The third-order valence-corrected chi connectivity index (χ3v) is 2.71. The Morgan fingerprint density at radius 1 is 1.33 bits per heavy atom. The second kappa shape index (κ2) is 6.04. The lowest BCUT2D eigenvalue weighted by Gasteiger charge is -1.99. The fraction of sp³-hybridized carbons (Fsp3) is 0.545. The van der Waals surface area contributed by atoms with E-state index in [1.165, 1.54) is 0 Å². The molecule has 7 heteroatoms. The van der Waals surface area contributed by atoms with Crippen molar-refractivity contribution in [3.05, 3.63) is 25.0 Å². The van der Waals surface area contributed by atoms with Gasteiger partial charge >= 0.3 is 0 Å². The van der Waals surface area contributed by atoms with Crippen molar-refractivity contribution in [2.45, 2.75) is 32.4 Å². The zero-order valence-electron chi connectivity index (χ0n) is 10.4. The van der Waals surface area contributed by atoms with Crippen LogP contribution in [0.3, 0.4) is 0 Å². The van der Waals surface area contributed by atoms with E-state index in [1.807, 2.05) is 34.9 Å². The minimum Gasteiger partial charge on any atom is -0.300 e. The van der Waals surface area contributed by atoms with Crippen LogP contribution in [0.2, 0.25) is 0 Å². The van der Waals surface area contributed by atoms with Gasteiger partial charge in [-0.1, -0.05) is 0 Å². The minimum absolute atomic E-state index is 0.277. The quantitative estimate of drug-likeness (QED) is 0.634. The standard InChI is InChI=1S/C11H17N6O/c1-15-7-8-16(10-15)6-4-11(18)3-2-5-17-9-12-13-14-17/h7-10H,2-6H2,1H3/q+1. The predicted molar refractivity (Wildman–Crippen MR) is 62.3 cm³/mol. The molecule has 7 nitrogen and oxygen atoms in total. The molecule has 0 aromatic carbocycles. The summed E-state index contributed by atoms with van der Waals surface area (Å²) in [6.07, 6.45) is 9.38. The van der Waals surface area contributed by atoms with Crippen LogP contribution >= 0.6 is 0 Å². The Balaban J connectivity index is 1.63. The lowest BCUT2D eigenvalue weighted by atomic mass is 10.1. The summed E-state index contributed by atoms with van der Waals surface area (Å²) in [6, 6.07) is 0. The minimum atomic E-state index is 0.277. The number of carbonyl (C=O) groups excluding carboxylic acids is 1. The van der Waals surface area contributed by atoms with Gasteiger partial charge in [0.2, 0.25) is 6.33 Å². The highest BCUT2D eigenvalue weighted by Gasteiger charge is 2.06. The molecule has 0 fully saturated rings. The van der Waals surface area contributed by atoms with E-state index in [9.17, 15) is 4.79 Å². The zero-order chi connectivity index (χ0) is 12.8. The molecule has 18 heavy (non-hydrogen) atoms. The summed E-state index contributed by atoms with van der Waals surface area (Å²) >= 11 is 0. The van der Waals surface area contributed by atoms with Crippen LogP contribution in [0, 0.1) is 0 Å². The number of rotatable bonds is 7. The van der Waals surface area contributed by atoms with Crippen molar-refractivity contribution < 1.29 is 9.36 Å². The van der Waals surface area contributed by atoms with E-state index in [-0.39, 0.29) is 5.78 Å². The van der Waals surface area contributed by atoms with Crippen molar-refractivity contribution in [1.82, 2.24) is 24.8 Å². The summed E-state index contributed by atoms with van der Waals surface area (Å²) in [6.45, 7) is 1.43. The Morgan fingerprint density at radius 2 is 2.22 bits per heavy atom. The second-order valence-electron chi connectivity index (χ2n) is 4.28. The largest absolute Gasteiger partial charge is 0.300 e. The summed E-state index contributed by atoms with van der Waals surface area (Å²) < 4.78 is 5.61. The van der Waals surface area contributed by atoms with Gasteiger partial charge in [-0.2, -0.15) is 0 Å². The number of nitrogens with zero attached hydrogens (tertiary/aromatic N) is 6. The van der Waals surface area contributed by atoms with E-state index in [1.54, 1.807) is 11.0 Å². The smallest absolute Gasteiger partial charge is 0.243 e. The van der Waals surface area contributed by atoms with Crippen molar-refractivity contribution in [3.63, 3.8) is 0 Å². The second-order valence-corrected chi connectivity index (χ2v) is 4.28. The molecule has 0 spiro atoms. The molecule has 0 amide bonds. The van der Waals surface area contributed by atoms with Gasteiger partial charge in [0.05, 0.1) is 13.6 Å². The Morgan fingerprint density at radius 3 is 2.89 bits per heavy atom. The van der Waals surface area contributed by atoms with E-state index < -0.39 is 0 Å². The maximum atomic E-state index is 11.7. The summed E-state index contributed by atoms with van der Waals surface area (Å²) in [5.74, 6) is 0.277. The third-order valence-electron chi connectivity index (χ3n) is 2.71. The lowest BCUT2D eigenvalue weighted by molar-refractivity contribution is -0.671. The molecule has 0 N–H and O–H groups in total. The van der Waals surface area contributed by atoms with Crippen molar-refractivity contribution in [2.24, 2.45) is 7.05 Å². The Kier molecular flexibility index (Phi) is 4.16. The first-order valence-corrected chi connectivity index (χ1v) is 5.97. The van der Waals surface area contributed by atoms with Gasteiger partial charge < -0.3 is 0 Å². The average molecular weight is 249 g/mol. The third kappa shape index (κ3) is 3.76. The molecule has 0 aliphatic rings. The van der Waals surface area contributed by atoms with E-state index in [2.05, 4.69) is 15.5 Å². The number of ketones is 1. The molecule has 0 unspecified atom stereocenters. The van der Waals surface area contributed by atoms with Crippen LogP contribution in [0.25, 0.3) is 0 Å². The molecule has 0 saturated carbocycles. The van der Waals surface area contributed by atoms with Gasteiger partial charge in [-0.25, -0.2) is 13.8 Å². The summed E-state index contributed by atoms with van der Waals surface area (Å²) in [5.41, 5.74) is 0. The monoisotopic (exact) mass is 249 g/mol. The Bertz CT molecular complexity index is 489. The molecule has 0 aliphatic heterocycles. The topological polar surface area (TPSA) is 69.5 Å². The molecule has 2 rings (SSSR count). The molecule has 0 radical (unpaired) electrons. The highest BCUT2D eigenvalue weighted by atomic mass is 16.1. The number of carbonyl (C=O) groups is 1. The van der Waals surface area contributed by atoms with Crippen LogP contribution < -0.4 is 4.57 Å². The van der Waals surface area contributed by atoms with Crippen molar-refractivity contribution in [2.75, 3.05) is 0 Å². The zero-order valence-corrected chi connectivity index (χ0v) is 10.4. The molecule has 2 aromatic heterocycles. The van der Waals surface area contributed by atoms with Crippen LogP contribution in [0.15, 0.2) is 25.0 Å². The number of tetrazole rings is 1. The van der Waals surface area contributed by atoms with Gasteiger partial charge in [0.15, 0.2) is 0 Å². The number of hydrogen-bond donors (Lipinski definition) is 0. The van der Waals surface area contributed by atoms with E-state index in [4.69, 9.17) is 0 Å². The first-order valence-electron chi connectivity index (χ1n) is 5.97. The van der Waals surface area contributed by atoms with Crippen molar-refractivity contribution in [1.29, 1.82) is 0 Å². The number of hydrogen-bond acceptors (Lipinski definition) is 4. The van der Waals surface area contributed by atoms with E-state index in [0.717, 1.165) is 13.0 Å². The van der Waals surface area contributed by atoms with Gasteiger partial charge in [0.1, 0.15) is 24.5 Å². The molecule has 0 aliphatic carbocycles. The SMILES string of the molecule is C[n+]1ccn(CCC(=O)CCCn2cnnn2)c1. The maximum absolute atomic E-state index is 11.7. The predicted octanol–water partition coefficient (Wildman–Crippen LogP) is -0.261. The summed E-state index contributed by atoms with van der Waals surface area (Å²) in [5, 5.41) is 10.8. The molecular weight excluding hydrogens is 232 g/mol. The fourth-order valence-corrected chi connectivity index (χ4v) is 1.73. The van der Waals surface area contributed by atoms with Crippen LogP contribution in [-0.4, -0.2) is 30.6 Å². The van der Waals surface area contributed by atoms with Crippen LogP contribution in [-0.2, 0) is 24.9 Å². The lowest BCUT2D eigenvalue weighted by Crippen LogP contribution is -2.23. The van der Waals surface area contributed by atoms with Crippen LogP contribution in [0.1, 0.15) is 19.3 Å². The molecule has 0 atom stereocenters. The molecule has 0 bridgehead atoms. The van der Waals surface area contributed by atoms with Gasteiger partial charge in [-0.3, -0.25) is 4.79 Å². The van der Waals surface area contributed by atoms with Gasteiger partial charge in [-0.05, 0) is 16.8 Å². The van der Waals surface area contributed by atoms with Gasteiger partial charge in [-0.15, -0.1) is 5.10 Å². The van der Waals surface area contributed by atoms with Crippen molar-refractivity contribution in [3.8, 4) is 0 Å². The Hall–Kier alpha value is -2.05. The van der Waals surface area contributed by atoms with Gasteiger partial charge in [0, 0.05) is 19.4 Å². The van der Waals surface area contributed by atoms with Crippen LogP contribution in [0.5, 0.6) is 0 Å². The van der Waals surface area contributed by atoms with Crippen molar-refractivity contribution >= 4 is 5.78 Å². The van der Waals surface area contributed by atoms with Gasteiger partial charge in [0.25, 0.3) is 0 Å². The first-order chi connectivity index (χ1) is 8.74. The molecule has 2 heterocycles. The number of aromatic nitrogens is 6. The summed E-state index contributed by atoms with van der Waals surface area (Å²) in [4.78, 5) is 11.7. The normalized spacial score (nSPS) is 10.7. The number of imidazole rings is 1. The summed E-state index contributed by atoms with van der Waals surface area (Å²) in [7, 11) is 1.96. The number of Topliss-reactive ketones (excluding diaryl/α,β-unsaturated/α-hetero) is 1. The first kappa shape index (κ1) is 12.4. The highest BCUT2D eigenvalue weighted by Crippen LogP contribution is 1.99. The van der Waals surface area contributed by atoms with Crippen LogP contribution in [0.4, 0.5) is 0 Å². The highest BCUT2D eigenvalue weighted by molar-refractivity contribution is 5.78. The fourth-order valence-electron chi connectivity index (χ4n) is 1.73. The molecule has 2 aromatic rings. The molecular formula is C11H17N6O+. The average Bonchev–Trinajstić information content (AvgIpc) is 2.98. The molecule has 96 valence electrons. The molecule has 0 saturated heterocycles. The maximum Gasteiger partial charge on any atom is 0.243 e.